The largest absolute Gasteiger partial charge is 0.480 e. The van der Waals surface area contributed by atoms with Crippen LogP contribution in [0.15, 0.2) is 18.2 Å². The third-order valence-electron chi connectivity index (χ3n) is 3.65. The van der Waals surface area contributed by atoms with Gasteiger partial charge in [-0.1, -0.05) is 6.92 Å². The molecule has 2 N–H and O–H groups in total. The predicted octanol–water partition coefficient (Wildman–Crippen LogP) is 1.97. The van der Waals surface area contributed by atoms with Crippen molar-refractivity contribution in [2.24, 2.45) is 5.92 Å². The Bertz CT molecular complexity index is 565. The summed E-state index contributed by atoms with van der Waals surface area (Å²) < 4.78 is 26.5. The van der Waals surface area contributed by atoms with Crippen LogP contribution >= 0.6 is 0 Å². The summed E-state index contributed by atoms with van der Waals surface area (Å²) in [6.45, 7) is 1.90. The fourth-order valence-electron chi connectivity index (χ4n) is 2.50. The molecule has 0 bridgehead atoms. The van der Waals surface area contributed by atoms with E-state index in [1.807, 2.05) is 0 Å². The molecule has 1 aromatic rings. The van der Waals surface area contributed by atoms with Gasteiger partial charge in [0.05, 0.1) is 0 Å². The molecule has 0 aliphatic carbocycles. The zero-order valence-electron chi connectivity index (χ0n) is 11.5. The van der Waals surface area contributed by atoms with E-state index in [4.69, 9.17) is 5.11 Å². The van der Waals surface area contributed by atoms with Gasteiger partial charge in [0.1, 0.15) is 17.7 Å². The van der Waals surface area contributed by atoms with Crippen molar-refractivity contribution in [3.63, 3.8) is 0 Å². The SMILES string of the molecule is CC1CCN(C(=O)NCc2cc(F)ccc2F)C1C(=O)O. The maximum absolute atomic E-state index is 13.4. The van der Waals surface area contributed by atoms with Gasteiger partial charge in [0.25, 0.3) is 0 Å². The highest BCUT2D eigenvalue weighted by atomic mass is 19.1. The Morgan fingerprint density at radius 1 is 1.43 bits per heavy atom. The van der Waals surface area contributed by atoms with Crippen molar-refractivity contribution < 1.29 is 23.5 Å². The lowest BCUT2D eigenvalue weighted by molar-refractivity contribution is -0.142. The number of benzene rings is 1. The van der Waals surface area contributed by atoms with Crippen LogP contribution in [0.2, 0.25) is 0 Å². The van der Waals surface area contributed by atoms with Crippen LogP contribution in [0.3, 0.4) is 0 Å². The highest BCUT2D eigenvalue weighted by molar-refractivity contribution is 5.83. The van der Waals surface area contributed by atoms with Gasteiger partial charge in [0, 0.05) is 18.7 Å². The maximum Gasteiger partial charge on any atom is 0.326 e. The van der Waals surface area contributed by atoms with Gasteiger partial charge >= 0.3 is 12.0 Å². The Kier molecular flexibility index (Phi) is 4.40. The minimum atomic E-state index is -1.06. The van der Waals surface area contributed by atoms with Crippen molar-refractivity contribution >= 4 is 12.0 Å². The van der Waals surface area contributed by atoms with E-state index in [9.17, 15) is 18.4 Å². The first kappa shape index (κ1) is 15.2. The molecule has 7 heteroatoms. The van der Waals surface area contributed by atoms with Gasteiger partial charge in [-0.05, 0) is 30.5 Å². The summed E-state index contributed by atoms with van der Waals surface area (Å²) >= 11 is 0. The molecule has 0 spiro atoms. The maximum atomic E-state index is 13.4. The van der Waals surface area contributed by atoms with E-state index in [0.717, 1.165) is 18.2 Å². The number of amides is 2. The number of carboxylic acid groups (broad SMARTS) is 1. The van der Waals surface area contributed by atoms with Crippen molar-refractivity contribution in [2.75, 3.05) is 6.54 Å². The fraction of sp³-hybridized carbons (Fsp3) is 0.429. The Morgan fingerprint density at radius 3 is 2.81 bits per heavy atom. The summed E-state index contributed by atoms with van der Waals surface area (Å²) in [5, 5.41) is 11.6. The van der Waals surface area contributed by atoms with Gasteiger partial charge in [-0.15, -0.1) is 0 Å². The first-order chi connectivity index (χ1) is 9.90. The molecule has 114 valence electrons. The number of nitrogens with zero attached hydrogens (tertiary/aromatic N) is 1. The lowest BCUT2D eigenvalue weighted by atomic mass is 10.0. The van der Waals surface area contributed by atoms with Gasteiger partial charge < -0.3 is 15.3 Å². The van der Waals surface area contributed by atoms with Crippen LogP contribution in [-0.2, 0) is 11.3 Å². The summed E-state index contributed by atoms with van der Waals surface area (Å²) in [5.74, 6) is -2.42. The van der Waals surface area contributed by atoms with Gasteiger partial charge in [-0.2, -0.15) is 0 Å². The molecule has 0 radical (unpaired) electrons. The summed E-state index contributed by atoms with van der Waals surface area (Å²) in [4.78, 5) is 24.4. The average Bonchev–Trinajstić information content (AvgIpc) is 2.81. The molecule has 5 nitrogen and oxygen atoms in total. The molecule has 2 rings (SSSR count). The number of carbonyl (C=O) groups is 2. The molecule has 0 saturated carbocycles. The van der Waals surface area contributed by atoms with Crippen molar-refractivity contribution in [3.05, 3.63) is 35.4 Å². The number of nitrogens with one attached hydrogen (secondary N) is 1. The zero-order valence-corrected chi connectivity index (χ0v) is 11.5. The van der Waals surface area contributed by atoms with E-state index >= 15 is 0 Å². The molecule has 1 fully saturated rings. The summed E-state index contributed by atoms with van der Waals surface area (Å²) in [7, 11) is 0. The molecule has 2 atom stereocenters. The summed E-state index contributed by atoms with van der Waals surface area (Å²) in [5.41, 5.74) is 0.0162. The number of urea groups is 1. The van der Waals surface area contributed by atoms with E-state index in [1.54, 1.807) is 6.92 Å². The van der Waals surface area contributed by atoms with Crippen molar-refractivity contribution in [1.29, 1.82) is 0 Å². The lowest BCUT2D eigenvalue weighted by Gasteiger charge is -2.23. The zero-order chi connectivity index (χ0) is 15.6. The van der Waals surface area contributed by atoms with Crippen LogP contribution < -0.4 is 5.32 Å². The quantitative estimate of drug-likeness (QED) is 0.896. The van der Waals surface area contributed by atoms with E-state index < -0.39 is 29.7 Å². The van der Waals surface area contributed by atoms with Crippen LogP contribution in [-0.4, -0.2) is 34.6 Å². The molecular formula is C14H16F2N2O3. The Hall–Kier alpha value is -2.18. The predicted molar refractivity (Wildman–Crippen MR) is 70.5 cm³/mol. The lowest BCUT2D eigenvalue weighted by Crippen LogP contribution is -2.47. The third-order valence-corrected chi connectivity index (χ3v) is 3.65. The summed E-state index contributed by atoms with van der Waals surface area (Å²) in [6.07, 6.45) is 0.596. The smallest absolute Gasteiger partial charge is 0.326 e. The number of hydrogen-bond donors (Lipinski definition) is 2. The van der Waals surface area contributed by atoms with Gasteiger partial charge in [0.2, 0.25) is 0 Å². The number of carbonyl (C=O) groups excluding carboxylic acids is 1. The van der Waals surface area contributed by atoms with E-state index in [0.29, 0.717) is 13.0 Å². The molecule has 0 aromatic heterocycles. The summed E-state index contributed by atoms with van der Waals surface area (Å²) in [6, 6.07) is 1.49. The molecular weight excluding hydrogens is 282 g/mol. The van der Waals surface area contributed by atoms with Crippen LogP contribution in [0.1, 0.15) is 18.9 Å². The minimum absolute atomic E-state index is 0.0162. The number of carboxylic acids is 1. The number of hydrogen-bond acceptors (Lipinski definition) is 2. The van der Waals surface area contributed by atoms with E-state index in [1.165, 1.54) is 4.90 Å². The van der Waals surface area contributed by atoms with Crippen LogP contribution in [0.25, 0.3) is 0 Å². The van der Waals surface area contributed by atoms with Crippen molar-refractivity contribution in [1.82, 2.24) is 10.2 Å². The van der Waals surface area contributed by atoms with E-state index in [2.05, 4.69) is 5.32 Å². The molecule has 1 heterocycles. The fourth-order valence-corrected chi connectivity index (χ4v) is 2.50. The average molecular weight is 298 g/mol. The van der Waals surface area contributed by atoms with Crippen LogP contribution in [0, 0.1) is 17.6 Å². The van der Waals surface area contributed by atoms with E-state index in [-0.39, 0.29) is 18.0 Å². The second-order valence-corrected chi connectivity index (χ2v) is 5.14. The molecule has 1 aromatic carbocycles. The molecule has 1 aliphatic rings. The second-order valence-electron chi connectivity index (χ2n) is 5.14. The topological polar surface area (TPSA) is 69.6 Å². The Morgan fingerprint density at radius 2 is 2.14 bits per heavy atom. The number of rotatable bonds is 3. The van der Waals surface area contributed by atoms with Gasteiger partial charge in [0.15, 0.2) is 0 Å². The minimum Gasteiger partial charge on any atom is -0.480 e. The number of halogens is 2. The standard InChI is InChI=1S/C14H16F2N2O3/c1-8-4-5-18(12(8)13(19)20)14(21)17-7-9-6-10(15)2-3-11(9)16/h2-3,6,8,12H,4-5,7H2,1H3,(H,17,21)(H,19,20). The van der Waals surface area contributed by atoms with Crippen LogP contribution in [0.5, 0.6) is 0 Å². The first-order valence-electron chi connectivity index (χ1n) is 6.61. The number of aliphatic carboxylic acids is 1. The monoisotopic (exact) mass is 298 g/mol. The number of likely N-dealkylation sites (tertiary alicyclic amines) is 1. The van der Waals surface area contributed by atoms with Gasteiger partial charge in [-0.3, -0.25) is 0 Å². The van der Waals surface area contributed by atoms with Crippen molar-refractivity contribution in [2.45, 2.75) is 25.9 Å². The molecule has 2 amide bonds. The Balaban J connectivity index is 2.02. The van der Waals surface area contributed by atoms with Crippen molar-refractivity contribution in [3.8, 4) is 0 Å². The highest BCUT2D eigenvalue weighted by Crippen LogP contribution is 2.24. The third kappa shape index (κ3) is 3.29. The molecule has 1 aliphatic heterocycles. The first-order valence-corrected chi connectivity index (χ1v) is 6.61. The molecule has 21 heavy (non-hydrogen) atoms. The second kappa shape index (κ2) is 6.07. The Labute approximate surface area is 120 Å². The van der Waals surface area contributed by atoms with Gasteiger partial charge in [-0.25, -0.2) is 18.4 Å². The van der Waals surface area contributed by atoms with Crippen LogP contribution in [0.4, 0.5) is 13.6 Å². The molecule has 1 saturated heterocycles. The highest BCUT2D eigenvalue weighted by Gasteiger charge is 2.39. The molecule has 2 unspecified atom stereocenters. The normalized spacial score (nSPS) is 21.4.